The highest BCUT2D eigenvalue weighted by Gasteiger charge is 2.14. The van der Waals surface area contributed by atoms with Crippen LogP contribution in [0.4, 0.5) is 5.82 Å². The topological polar surface area (TPSA) is 80.0 Å². The van der Waals surface area contributed by atoms with Gasteiger partial charge < -0.3 is 15.0 Å². The number of aromatic nitrogens is 3. The summed E-state index contributed by atoms with van der Waals surface area (Å²) < 4.78 is 1.51. The molecule has 0 aliphatic carbocycles. The van der Waals surface area contributed by atoms with E-state index in [4.69, 9.17) is 0 Å². The van der Waals surface area contributed by atoms with Crippen molar-refractivity contribution in [3.63, 3.8) is 0 Å². The molecule has 6 nitrogen and oxygen atoms in total. The van der Waals surface area contributed by atoms with Crippen LogP contribution in [0.5, 0.6) is 5.75 Å². The van der Waals surface area contributed by atoms with Gasteiger partial charge in [0.05, 0.1) is 10.6 Å². The van der Waals surface area contributed by atoms with Crippen molar-refractivity contribution in [2.24, 2.45) is 7.05 Å². The Morgan fingerprint density at radius 1 is 1.15 bits per heavy atom. The van der Waals surface area contributed by atoms with E-state index in [9.17, 15) is 9.90 Å². The number of pyridine rings is 1. The molecule has 0 atom stereocenters. The van der Waals surface area contributed by atoms with Crippen LogP contribution in [0.15, 0.2) is 52.3 Å². The molecule has 132 valence electrons. The SMILES string of the molecule is Cn1ccc(-c2ccc(-c3cc4c(nn3)NCCCS4)c(O)c2)cc1=O. The van der Waals surface area contributed by atoms with Crippen molar-refractivity contribution < 1.29 is 5.11 Å². The second-order valence-corrected chi connectivity index (χ2v) is 7.30. The van der Waals surface area contributed by atoms with Crippen LogP contribution in [-0.2, 0) is 7.05 Å². The molecule has 2 aromatic heterocycles. The molecule has 7 heteroatoms. The summed E-state index contributed by atoms with van der Waals surface area (Å²) in [6, 6.07) is 10.7. The minimum absolute atomic E-state index is 0.0905. The number of rotatable bonds is 2. The van der Waals surface area contributed by atoms with Crippen molar-refractivity contribution in [1.82, 2.24) is 14.8 Å². The number of hydrogen-bond acceptors (Lipinski definition) is 6. The molecular weight excluding hydrogens is 348 g/mol. The fraction of sp³-hybridized carbons (Fsp3) is 0.211. The van der Waals surface area contributed by atoms with Crippen LogP contribution in [-0.4, -0.2) is 32.2 Å². The molecule has 1 aliphatic heterocycles. The van der Waals surface area contributed by atoms with Crippen molar-refractivity contribution in [3.8, 4) is 28.1 Å². The summed E-state index contributed by atoms with van der Waals surface area (Å²) in [4.78, 5) is 12.9. The van der Waals surface area contributed by atoms with Crippen LogP contribution >= 0.6 is 11.8 Å². The summed E-state index contributed by atoms with van der Waals surface area (Å²) >= 11 is 1.74. The van der Waals surface area contributed by atoms with E-state index in [-0.39, 0.29) is 11.3 Å². The number of hydrogen-bond donors (Lipinski definition) is 2. The van der Waals surface area contributed by atoms with Crippen molar-refractivity contribution in [1.29, 1.82) is 0 Å². The summed E-state index contributed by atoms with van der Waals surface area (Å²) in [5.41, 5.74) is 2.71. The molecule has 0 saturated heterocycles. The van der Waals surface area contributed by atoms with Crippen molar-refractivity contribution in [3.05, 3.63) is 52.9 Å². The van der Waals surface area contributed by atoms with Gasteiger partial charge in [0.1, 0.15) is 5.75 Å². The van der Waals surface area contributed by atoms with Gasteiger partial charge in [0.25, 0.3) is 5.56 Å². The van der Waals surface area contributed by atoms with Crippen LogP contribution in [0, 0.1) is 0 Å². The Bertz CT molecular complexity index is 1030. The predicted molar refractivity (Wildman–Crippen MR) is 104 cm³/mol. The Kier molecular flexibility index (Phi) is 4.38. The second-order valence-electron chi connectivity index (χ2n) is 6.17. The summed E-state index contributed by atoms with van der Waals surface area (Å²) in [6.07, 6.45) is 2.79. The maximum atomic E-state index is 11.8. The van der Waals surface area contributed by atoms with E-state index < -0.39 is 0 Å². The monoisotopic (exact) mass is 366 g/mol. The molecule has 26 heavy (non-hydrogen) atoms. The average molecular weight is 366 g/mol. The fourth-order valence-corrected chi connectivity index (χ4v) is 3.81. The molecule has 0 radical (unpaired) electrons. The normalized spacial score (nSPS) is 13.6. The Morgan fingerprint density at radius 3 is 2.81 bits per heavy atom. The summed E-state index contributed by atoms with van der Waals surface area (Å²) in [6.45, 7) is 0.893. The van der Waals surface area contributed by atoms with E-state index in [0.717, 1.165) is 40.6 Å². The van der Waals surface area contributed by atoms with Gasteiger partial charge in [-0.1, -0.05) is 6.07 Å². The summed E-state index contributed by atoms with van der Waals surface area (Å²) in [5, 5.41) is 22.3. The zero-order valence-corrected chi connectivity index (χ0v) is 15.1. The second kappa shape index (κ2) is 6.84. The number of nitrogens with zero attached hydrogens (tertiary/aromatic N) is 3. The first-order valence-electron chi connectivity index (χ1n) is 8.37. The third-order valence-corrected chi connectivity index (χ3v) is 5.46. The van der Waals surface area contributed by atoms with E-state index in [1.807, 2.05) is 24.3 Å². The number of thioether (sulfide) groups is 1. The van der Waals surface area contributed by atoms with Crippen molar-refractivity contribution in [2.75, 3.05) is 17.6 Å². The molecule has 0 spiro atoms. The minimum atomic E-state index is -0.0905. The van der Waals surface area contributed by atoms with Crippen LogP contribution in [0.3, 0.4) is 0 Å². The average Bonchev–Trinajstić information content (AvgIpc) is 2.88. The lowest BCUT2D eigenvalue weighted by Gasteiger charge is -2.10. The largest absolute Gasteiger partial charge is 0.507 e. The first-order valence-corrected chi connectivity index (χ1v) is 9.35. The van der Waals surface area contributed by atoms with Gasteiger partial charge in [-0.15, -0.1) is 22.0 Å². The zero-order valence-electron chi connectivity index (χ0n) is 14.3. The van der Waals surface area contributed by atoms with Gasteiger partial charge in [-0.2, -0.15) is 0 Å². The van der Waals surface area contributed by atoms with Crippen LogP contribution in [0.25, 0.3) is 22.4 Å². The molecule has 1 aromatic carbocycles. The number of phenolic OH excluding ortho intramolecular Hbond substituents is 1. The lowest BCUT2D eigenvalue weighted by atomic mass is 10.0. The van der Waals surface area contributed by atoms with Crippen LogP contribution in [0.1, 0.15) is 6.42 Å². The molecule has 4 rings (SSSR count). The van der Waals surface area contributed by atoms with Gasteiger partial charge in [-0.25, -0.2) is 0 Å². The van der Waals surface area contributed by atoms with E-state index in [2.05, 4.69) is 15.5 Å². The molecular formula is C19H18N4O2S. The lowest BCUT2D eigenvalue weighted by molar-refractivity contribution is 0.477. The number of phenols is 1. The van der Waals surface area contributed by atoms with Gasteiger partial charge in [-0.3, -0.25) is 4.79 Å². The lowest BCUT2D eigenvalue weighted by Crippen LogP contribution is -2.14. The molecule has 0 bridgehead atoms. The number of aryl methyl sites for hydroxylation is 1. The molecule has 0 saturated carbocycles. The van der Waals surface area contributed by atoms with Gasteiger partial charge in [-0.05, 0) is 47.6 Å². The first-order chi connectivity index (χ1) is 12.6. The Labute approximate surface area is 154 Å². The van der Waals surface area contributed by atoms with Gasteiger partial charge in [0, 0.05) is 31.4 Å². The van der Waals surface area contributed by atoms with Gasteiger partial charge >= 0.3 is 0 Å². The quantitative estimate of drug-likeness (QED) is 0.725. The predicted octanol–water partition coefficient (Wildman–Crippen LogP) is 3.12. The number of fused-ring (bicyclic) bond motifs is 1. The first kappa shape index (κ1) is 16.7. The molecule has 3 aromatic rings. The number of nitrogens with one attached hydrogen (secondary N) is 1. The smallest absolute Gasteiger partial charge is 0.250 e. The fourth-order valence-electron chi connectivity index (χ4n) is 2.86. The van der Waals surface area contributed by atoms with Crippen molar-refractivity contribution >= 4 is 17.6 Å². The van der Waals surface area contributed by atoms with Crippen LogP contribution in [0.2, 0.25) is 0 Å². The number of benzene rings is 1. The van der Waals surface area contributed by atoms with Gasteiger partial charge in [0.2, 0.25) is 0 Å². The Morgan fingerprint density at radius 2 is 2.00 bits per heavy atom. The highest BCUT2D eigenvalue weighted by Crippen LogP contribution is 2.35. The Hall–Kier alpha value is -2.80. The van der Waals surface area contributed by atoms with Crippen molar-refractivity contribution in [2.45, 2.75) is 11.3 Å². The van der Waals surface area contributed by atoms with E-state index in [0.29, 0.717) is 11.3 Å². The summed E-state index contributed by atoms with van der Waals surface area (Å²) in [7, 11) is 1.70. The molecule has 1 aliphatic rings. The highest BCUT2D eigenvalue weighted by molar-refractivity contribution is 7.99. The van der Waals surface area contributed by atoms with E-state index in [1.165, 1.54) is 4.57 Å². The van der Waals surface area contributed by atoms with E-state index in [1.54, 1.807) is 37.1 Å². The molecule has 0 fully saturated rings. The molecule has 2 N–H and O–H groups in total. The third kappa shape index (κ3) is 3.17. The maximum Gasteiger partial charge on any atom is 0.250 e. The highest BCUT2D eigenvalue weighted by atomic mass is 32.2. The Balaban J connectivity index is 1.71. The summed E-state index contributed by atoms with van der Waals surface area (Å²) in [5.74, 6) is 1.94. The van der Waals surface area contributed by atoms with Crippen LogP contribution < -0.4 is 10.9 Å². The maximum absolute atomic E-state index is 11.8. The standard InChI is InChI=1S/C19H18N4O2S/c1-23-7-5-13(10-18(23)25)12-3-4-14(16(24)9-12)15-11-17-19(22-21-15)20-6-2-8-26-17/h3-5,7,9-11,24H,2,6,8H2,1H3,(H,20,22). The molecule has 3 heterocycles. The zero-order chi connectivity index (χ0) is 18.1. The molecule has 0 amide bonds. The molecule has 0 unspecified atom stereocenters. The number of aromatic hydroxyl groups is 1. The third-order valence-electron chi connectivity index (χ3n) is 4.34. The van der Waals surface area contributed by atoms with E-state index >= 15 is 0 Å². The number of anilines is 1. The minimum Gasteiger partial charge on any atom is -0.507 e. The van der Waals surface area contributed by atoms with Gasteiger partial charge in [0.15, 0.2) is 5.82 Å².